The molecule has 0 aliphatic carbocycles. The van der Waals surface area contributed by atoms with Gasteiger partial charge in [0.15, 0.2) is 0 Å². The first-order chi connectivity index (χ1) is 9.85. The van der Waals surface area contributed by atoms with Crippen LogP contribution in [0.15, 0.2) is 24.3 Å². The van der Waals surface area contributed by atoms with Gasteiger partial charge in [-0.15, -0.1) is 0 Å². The molecule has 8 heteroatoms. The van der Waals surface area contributed by atoms with E-state index in [1.165, 1.54) is 19.2 Å². The molecule has 0 bridgehead atoms. The molecule has 1 rings (SSSR count). The van der Waals surface area contributed by atoms with Gasteiger partial charge in [0.1, 0.15) is 6.04 Å². The maximum absolute atomic E-state index is 11.9. The molecule has 3 amide bonds. The van der Waals surface area contributed by atoms with Gasteiger partial charge in [-0.2, -0.15) is 5.26 Å². The van der Waals surface area contributed by atoms with Crippen LogP contribution in [0, 0.1) is 11.3 Å². The van der Waals surface area contributed by atoms with Crippen molar-refractivity contribution in [3.63, 3.8) is 0 Å². The normalized spacial score (nSPS) is 11.0. The number of carbonyl (C=O) groups is 3. The number of carbonyl (C=O) groups excluding carboxylic acids is 2. The van der Waals surface area contributed by atoms with Gasteiger partial charge in [0.25, 0.3) is 0 Å². The lowest BCUT2D eigenvalue weighted by Crippen LogP contribution is -2.48. The molecule has 1 atom stereocenters. The maximum atomic E-state index is 11.9. The first kappa shape index (κ1) is 16.0. The standard InChI is InChI=1S/C13H14N4O4/c1-17(9-4-2-8(7-14)3-5-9)13(21)16-10(12(19)20)6-11(15)18/h2-5,10H,6H2,1H3,(H2,15,18)(H,16,21)(H,19,20)/t10-/m0/s1. The van der Waals surface area contributed by atoms with Gasteiger partial charge in [-0.25, -0.2) is 9.59 Å². The Labute approximate surface area is 120 Å². The molecular formula is C13H14N4O4. The van der Waals surface area contributed by atoms with Crippen molar-refractivity contribution in [2.45, 2.75) is 12.5 Å². The first-order valence-electron chi connectivity index (χ1n) is 5.90. The molecule has 1 aromatic carbocycles. The van der Waals surface area contributed by atoms with Crippen LogP contribution in [0.3, 0.4) is 0 Å². The van der Waals surface area contributed by atoms with Crippen LogP contribution in [0.5, 0.6) is 0 Å². The highest BCUT2D eigenvalue weighted by molar-refractivity contribution is 5.95. The second kappa shape index (κ2) is 6.91. The summed E-state index contributed by atoms with van der Waals surface area (Å²) in [5.74, 6) is -2.18. The minimum atomic E-state index is -1.39. The molecule has 1 aromatic rings. The van der Waals surface area contributed by atoms with E-state index in [4.69, 9.17) is 16.1 Å². The van der Waals surface area contributed by atoms with Gasteiger partial charge in [-0.1, -0.05) is 0 Å². The van der Waals surface area contributed by atoms with Crippen LogP contribution in [-0.4, -0.2) is 36.1 Å². The number of carboxylic acid groups (broad SMARTS) is 1. The van der Waals surface area contributed by atoms with E-state index in [9.17, 15) is 14.4 Å². The number of aliphatic carboxylic acids is 1. The molecule has 0 saturated carbocycles. The van der Waals surface area contributed by atoms with Crippen LogP contribution in [0.25, 0.3) is 0 Å². The van der Waals surface area contributed by atoms with Gasteiger partial charge in [-0.05, 0) is 24.3 Å². The van der Waals surface area contributed by atoms with E-state index in [1.54, 1.807) is 12.1 Å². The van der Waals surface area contributed by atoms with Gasteiger partial charge >= 0.3 is 12.0 Å². The molecule has 0 aliphatic heterocycles. The SMILES string of the molecule is CN(C(=O)N[C@@H](CC(N)=O)C(=O)O)c1ccc(C#N)cc1. The van der Waals surface area contributed by atoms with E-state index < -0.39 is 30.4 Å². The predicted molar refractivity (Wildman–Crippen MR) is 73.3 cm³/mol. The fourth-order valence-electron chi connectivity index (χ4n) is 1.52. The van der Waals surface area contributed by atoms with E-state index >= 15 is 0 Å². The topological polar surface area (TPSA) is 137 Å². The molecule has 21 heavy (non-hydrogen) atoms. The van der Waals surface area contributed by atoms with Crippen molar-refractivity contribution in [1.82, 2.24) is 5.32 Å². The molecule has 0 spiro atoms. The average molecular weight is 290 g/mol. The molecule has 8 nitrogen and oxygen atoms in total. The smallest absolute Gasteiger partial charge is 0.326 e. The van der Waals surface area contributed by atoms with Gasteiger partial charge in [-0.3, -0.25) is 9.69 Å². The lowest BCUT2D eigenvalue weighted by atomic mass is 10.2. The van der Waals surface area contributed by atoms with E-state index in [0.717, 1.165) is 4.90 Å². The number of carboxylic acids is 1. The molecule has 0 aromatic heterocycles. The lowest BCUT2D eigenvalue weighted by Gasteiger charge is -2.21. The molecular weight excluding hydrogens is 276 g/mol. The Balaban J connectivity index is 2.78. The number of hydrogen-bond acceptors (Lipinski definition) is 4. The third-order valence-electron chi connectivity index (χ3n) is 2.69. The second-order valence-corrected chi connectivity index (χ2v) is 4.23. The summed E-state index contributed by atoms with van der Waals surface area (Å²) in [5.41, 5.74) is 5.83. The van der Waals surface area contributed by atoms with Crippen LogP contribution < -0.4 is 16.0 Å². The Morgan fingerprint density at radius 1 is 1.38 bits per heavy atom. The number of primary amides is 1. The summed E-state index contributed by atoms with van der Waals surface area (Å²) in [6.45, 7) is 0. The number of urea groups is 1. The molecule has 0 unspecified atom stereocenters. The number of hydrogen-bond donors (Lipinski definition) is 3. The number of nitrogens with one attached hydrogen (secondary N) is 1. The zero-order chi connectivity index (χ0) is 16.0. The van der Waals surface area contributed by atoms with Gasteiger partial charge < -0.3 is 16.2 Å². The van der Waals surface area contributed by atoms with Gasteiger partial charge in [0.2, 0.25) is 5.91 Å². The molecule has 0 aliphatic rings. The van der Waals surface area contributed by atoms with E-state index in [2.05, 4.69) is 5.32 Å². The Bertz CT molecular complexity index is 591. The number of nitrogens with two attached hydrogens (primary N) is 1. The van der Waals surface area contributed by atoms with Crippen LogP contribution in [0.1, 0.15) is 12.0 Å². The fourth-order valence-corrected chi connectivity index (χ4v) is 1.52. The monoisotopic (exact) mass is 290 g/mol. The number of nitrogens with zero attached hydrogens (tertiary/aromatic N) is 2. The molecule has 0 fully saturated rings. The Kier molecular flexibility index (Phi) is 5.25. The number of amides is 3. The molecule has 0 radical (unpaired) electrons. The van der Waals surface area contributed by atoms with E-state index in [0.29, 0.717) is 11.3 Å². The van der Waals surface area contributed by atoms with Crippen molar-refractivity contribution in [3.05, 3.63) is 29.8 Å². The fraction of sp³-hybridized carbons (Fsp3) is 0.231. The summed E-state index contributed by atoms with van der Waals surface area (Å²) in [6.07, 6.45) is -0.498. The van der Waals surface area contributed by atoms with Crippen molar-refractivity contribution in [1.29, 1.82) is 5.26 Å². The Morgan fingerprint density at radius 2 is 1.95 bits per heavy atom. The minimum absolute atomic E-state index is 0.435. The van der Waals surface area contributed by atoms with E-state index in [1.807, 2.05) is 6.07 Å². The largest absolute Gasteiger partial charge is 0.480 e. The zero-order valence-corrected chi connectivity index (χ0v) is 11.2. The molecule has 0 saturated heterocycles. The summed E-state index contributed by atoms with van der Waals surface area (Å²) in [5, 5.41) is 19.8. The summed E-state index contributed by atoms with van der Waals surface area (Å²) >= 11 is 0. The van der Waals surface area contributed by atoms with Crippen LogP contribution in [0.4, 0.5) is 10.5 Å². The van der Waals surface area contributed by atoms with Crippen LogP contribution in [-0.2, 0) is 9.59 Å². The Morgan fingerprint density at radius 3 is 2.38 bits per heavy atom. The summed E-state index contributed by atoms with van der Waals surface area (Å²) in [6, 6.07) is 5.99. The Hall–Kier alpha value is -3.08. The second-order valence-electron chi connectivity index (χ2n) is 4.23. The van der Waals surface area contributed by atoms with Gasteiger partial charge in [0.05, 0.1) is 18.1 Å². The third-order valence-corrected chi connectivity index (χ3v) is 2.69. The van der Waals surface area contributed by atoms with Gasteiger partial charge in [0, 0.05) is 12.7 Å². The summed E-state index contributed by atoms with van der Waals surface area (Å²) in [4.78, 5) is 34.8. The number of rotatable bonds is 5. The maximum Gasteiger partial charge on any atom is 0.326 e. The quantitative estimate of drug-likeness (QED) is 0.702. The van der Waals surface area contributed by atoms with Crippen LogP contribution >= 0.6 is 0 Å². The molecule has 4 N–H and O–H groups in total. The van der Waals surface area contributed by atoms with Crippen molar-refractivity contribution in [3.8, 4) is 6.07 Å². The van der Waals surface area contributed by atoms with Crippen molar-refractivity contribution in [2.24, 2.45) is 5.73 Å². The summed E-state index contributed by atoms with van der Waals surface area (Å²) < 4.78 is 0. The van der Waals surface area contributed by atoms with Crippen LogP contribution in [0.2, 0.25) is 0 Å². The molecule has 110 valence electrons. The van der Waals surface area contributed by atoms with E-state index in [-0.39, 0.29) is 0 Å². The highest BCUT2D eigenvalue weighted by atomic mass is 16.4. The first-order valence-corrected chi connectivity index (χ1v) is 5.90. The lowest BCUT2D eigenvalue weighted by molar-refractivity contribution is -0.140. The number of nitriles is 1. The molecule has 0 heterocycles. The third kappa shape index (κ3) is 4.50. The van der Waals surface area contributed by atoms with Crippen molar-refractivity contribution in [2.75, 3.05) is 11.9 Å². The average Bonchev–Trinajstić information content (AvgIpc) is 2.45. The number of anilines is 1. The highest BCUT2D eigenvalue weighted by Gasteiger charge is 2.24. The minimum Gasteiger partial charge on any atom is -0.480 e. The summed E-state index contributed by atoms with van der Waals surface area (Å²) in [7, 11) is 1.43. The zero-order valence-electron chi connectivity index (χ0n) is 11.2. The number of benzene rings is 1. The van der Waals surface area contributed by atoms with Crippen molar-refractivity contribution < 1.29 is 19.5 Å². The predicted octanol–water partition coefficient (Wildman–Crippen LogP) is 0.0327. The highest BCUT2D eigenvalue weighted by Crippen LogP contribution is 2.13. The van der Waals surface area contributed by atoms with Crippen molar-refractivity contribution >= 4 is 23.6 Å².